The van der Waals surface area contributed by atoms with E-state index in [9.17, 15) is 25.2 Å². The van der Waals surface area contributed by atoms with Crippen LogP contribution in [0.3, 0.4) is 0 Å². The van der Waals surface area contributed by atoms with Crippen molar-refractivity contribution in [1.82, 2.24) is 0 Å². The molecule has 0 aliphatic rings. The third kappa shape index (κ3) is 41.4. The van der Waals surface area contributed by atoms with Crippen molar-refractivity contribution in [3.8, 4) is 0 Å². The van der Waals surface area contributed by atoms with Gasteiger partial charge in [-0.25, -0.2) is 0 Å². The summed E-state index contributed by atoms with van der Waals surface area (Å²) in [6, 6.07) is 0. The average Bonchev–Trinajstić information content (AvgIpc) is 3.20. The fourth-order valence-corrected chi connectivity index (χ4v) is 8.19. The second-order valence-corrected chi connectivity index (χ2v) is 18.9. The topological polar surface area (TPSA) is 155 Å². The van der Waals surface area contributed by atoms with Crippen molar-refractivity contribution in [2.45, 2.75) is 258 Å². The Balaban J connectivity index is 0. The molecule has 0 aliphatic heterocycles. The summed E-state index contributed by atoms with van der Waals surface area (Å²) in [4.78, 5) is 23.3. The molecule has 0 aromatic rings. The molecular weight excluding hydrogens is 773 g/mol. The number of aliphatic hydroxyl groups excluding tert-OH is 1. The Hall–Kier alpha value is -1.11. The van der Waals surface area contributed by atoms with Gasteiger partial charge in [-0.3, -0.25) is 4.79 Å². The van der Waals surface area contributed by atoms with E-state index >= 15 is 0 Å². The molecule has 0 amide bonds. The quantitative estimate of drug-likeness (QED) is 0.00998. The summed E-state index contributed by atoms with van der Waals surface area (Å²) in [5.74, 6) is -5.90. The fourth-order valence-electron chi connectivity index (χ4n) is 8.19. The summed E-state index contributed by atoms with van der Waals surface area (Å²) in [7, 11) is 1.51. The number of carbonyl (C=O) groups excluding carboxylic acids is 1. The lowest BCUT2D eigenvalue weighted by atomic mass is 9.82. The third-order valence-electron chi connectivity index (χ3n) is 11.8. The first kappa shape index (κ1) is 62.0. The van der Waals surface area contributed by atoms with Gasteiger partial charge in [0.1, 0.15) is 0 Å². The Bertz CT molecular complexity index is 965. The molecule has 0 rings (SSSR count). The van der Waals surface area contributed by atoms with Crippen LogP contribution in [0.2, 0.25) is 0 Å². The molecule has 10 nitrogen and oxygen atoms in total. The predicted molar refractivity (Wildman–Crippen MR) is 252 cm³/mol. The number of esters is 1. The lowest BCUT2D eigenvalue weighted by Gasteiger charge is -2.35. The van der Waals surface area contributed by atoms with Crippen molar-refractivity contribution in [2.75, 3.05) is 26.9 Å². The molecule has 0 saturated carbocycles. The minimum atomic E-state index is -2.06. The normalized spacial score (nSPS) is 15.8. The lowest BCUT2D eigenvalue weighted by Crippen LogP contribution is -2.42. The third-order valence-corrected chi connectivity index (χ3v) is 11.8. The Kier molecular flexibility index (Phi) is 41.1. The molecule has 0 saturated heterocycles. The van der Waals surface area contributed by atoms with Gasteiger partial charge in [-0.1, -0.05) is 175 Å². The van der Waals surface area contributed by atoms with E-state index in [1.165, 1.54) is 163 Å². The summed E-state index contributed by atoms with van der Waals surface area (Å²) < 4.78 is 11.1. The number of allylic oxidation sites excluding steroid dienone is 1. The molecule has 0 aromatic heterocycles. The second kappa shape index (κ2) is 40.4. The SMILES string of the molecule is C=CCC(CCCCCC)CCCCCCCC.CCCCCCCCC(CCCCCC)CC(=O)OCC(COC)C(CC(C)(O)O)CC(C)(O)OOC(C)(O)CCCO. The van der Waals surface area contributed by atoms with Gasteiger partial charge in [0.15, 0.2) is 17.4 Å². The molecule has 0 aromatic carbocycles. The predicted octanol–water partition coefficient (Wildman–Crippen LogP) is 12.7. The van der Waals surface area contributed by atoms with Gasteiger partial charge >= 0.3 is 5.97 Å². The van der Waals surface area contributed by atoms with Gasteiger partial charge in [-0.05, 0) is 64.2 Å². The molecule has 0 spiro atoms. The van der Waals surface area contributed by atoms with Crippen LogP contribution in [0.25, 0.3) is 0 Å². The van der Waals surface area contributed by atoms with E-state index in [2.05, 4.69) is 40.3 Å². The van der Waals surface area contributed by atoms with Gasteiger partial charge in [0, 0.05) is 45.3 Å². The fraction of sp³-hybridized carbons (Fsp3) is 0.941. The number of unbranched alkanes of at least 4 members (excludes halogenated alkanes) is 16. The smallest absolute Gasteiger partial charge is 0.306 e. The van der Waals surface area contributed by atoms with E-state index in [4.69, 9.17) is 24.4 Å². The van der Waals surface area contributed by atoms with Crippen LogP contribution < -0.4 is 0 Å². The van der Waals surface area contributed by atoms with E-state index in [1.54, 1.807) is 0 Å². The molecular formula is C51H102O10. The van der Waals surface area contributed by atoms with E-state index < -0.39 is 29.2 Å². The number of methoxy groups -OCH3 is 1. The highest BCUT2D eigenvalue weighted by molar-refractivity contribution is 5.69. The summed E-state index contributed by atoms with van der Waals surface area (Å²) in [6.07, 6.45) is 34.8. The zero-order chi connectivity index (χ0) is 46.3. The molecule has 0 radical (unpaired) electrons. The highest BCUT2D eigenvalue weighted by Crippen LogP contribution is 2.33. The summed E-state index contributed by atoms with van der Waals surface area (Å²) >= 11 is 0. The van der Waals surface area contributed by atoms with Gasteiger partial charge < -0.3 is 35.0 Å². The van der Waals surface area contributed by atoms with Crippen LogP contribution in [0.1, 0.15) is 241 Å². The van der Waals surface area contributed by atoms with Crippen LogP contribution in [0.4, 0.5) is 0 Å². The Labute approximate surface area is 376 Å². The van der Waals surface area contributed by atoms with Gasteiger partial charge in [0.2, 0.25) is 0 Å². The molecule has 0 aliphatic carbocycles. The van der Waals surface area contributed by atoms with Crippen LogP contribution in [-0.4, -0.2) is 75.8 Å². The van der Waals surface area contributed by atoms with Crippen molar-refractivity contribution in [3.05, 3.63) is 12.7 Å². The molecule has 5 N–H and O–H groups in total. The number of hydrogen-bond donors (Lipinski definition) is 5. The lowest BCUT2D eigenvalue weighted by molar-refractivity contribution is -0.490. The standard InChI is InChI=1S/C33H66O10.C18H36/c1-7-9-11-13-14-16-19-27(18-15-12-10-8-2)22-30(35)41-26-29(25-40-6)28(23-31(3,36)37)24-33(5,39)43-42-32(4,38)20-17-21-34;1-4-7-9-11-12-14-17-18(15-6-3)16-13-10-8-5-2/h27-29,34,36-39H,7-26H2,1-6H3;6,18H,3-5,7-17H2,1-2H3. The number of rotatable bonds is 43. The van der Waals surface area contributed by atoms with Crippen LogP contribution in [0.15, 0.2) is 12.7 Å². The minimum absolute atomic E-state index is 0.0157. The first-order valence-corrected chi connectivity index (χ1v) is 25.2. The van der Waals surface area contributed by atoms with E-state index in [-0.39, 0.29) is 57.4 Å². The number of ether oxygens (including phenoxy) is 2. The molecule has 0 fully saturated rings. The molecule has 61 heavy (non-hydrogen) atoms. The molecule has 0 heterocycles. The van der Waals surface area contributed by atoms with Crippen molar-refractivity contribution >= 4 is 5.97 Å². The largest absolute Gasteiger partial charge is 0.465 e. The van der Waals surface area contributed by atoms with E-state index in [0.717, 1.165) is 31.6 Å². The maximum atomic E-state index is 13.0. The summed E-state index contributed by atoms with van der Waals surface area (Å²) in [5, 5.41) is 50.7. The van der Waals surface area contributed by atoms with Gasteiger partial charge in [0.25, 0.3) is 0 Å². The minimum Gasteiger partial charge on any atom is -0.465 e. The molecule has 6 unspecified atom stereocenters. The van der Waals surface area contributed by atoms with Crippen molar-refractivity contribution in [3.63, 3.8) is 0 Å². The Morgan fingerprint density at radius 3 is 1.43 bits per heavy atom. The van der Waals surface area contributed by atoms with Crippen LogP contribution in [0.5, 0.6) is 0 Å². The summed E-state index contributed by atoms with van der Waals surface area (Å²) in [6.45, 7) is 16.8. The van der Waals surface area contributed by atoms with Crippen LogP contribution >= 0.6 is 0 Å². The molecule has 10 heteroatoms. The van der Waals surface area contributed by atoms with Gasteiger partial charge in [-0.2, -0.15) is 9.78 Å². The first-order chi connectivity index (χ1) is 29.0. The maximum absolute atomic E-state index is 13.0. The van der Waals surface area contributed by atoms with Gasteiger partial charge in [-0.15, -0.1) is 6.58 Å². The zero-order valence-electron chi connectivity index (χ0n) is 41.2. The monoisotopic (exact) mass is 875 g/mol. The van der Waals surface area contributed by atoms with Gasteiger partial charge in [0.05, 0.1) is 13.2 Å². The molecule has 6 atom stereocenters. The van der Waals surface area contributed by atoms with Crippen molar-refractivity contribution < 1.29 is 49.6 Å². The average molecular weight is 875 g/mol. The number of aliphatic hydroxyl groups is 5. The number of hydrogen-bond acceptors (Lipinski definition) is 10. The Morgan fingerprint density at radius 1 is 0.574 bits per heavy atom. The van der Waals surface area contributed by atoms with Crippen molar-refractivity contribution in [1.29, 1.82) is 0 Å². The summed E-state index contributed by atoms with van der Waals surface area (Å²) in [5.41, 5.74) is 0. The van der Waals surface area contributed by atoms with E-state index in [0.29, 0.717) is 6.42 Å². The second-order valence-electron chi connectivity index (χ2n) is 18.9. The Morgan fingerprint density at radius 2 is 1.00 bits per heavy atom. The van der Waals surface area contributed by atoms with Crippen LogP contribution in [0, 0.1) is 23.7 Å². The number of carbonyl (C=O) groups is 1. The highest BCUT2D eigenvalue weighted by atomic mass is 17.2. The zero-order valence-corrected chi connectivity index (χ0v) is 41.2. The molecule has 366 valence electrons. The maximum Gasteiger partial charge on any atom is 0.306 e. The van der Waals surface area contributed by atoms with Crippen LogP contribution in [-0.2, 0) is 24.0 Å². The van der Waals surface area contributed by atoms with Crippen molar-refractivity contribution in [2.24, 2.45) is 23.7 Å². The molecule has 0 bridgehead atoms. The highest BCUT2D eigenvalue weighted by Gasteiger charge is 2.38. The van der Waals surface area contributed by atoms with E-state index in [1.807, 2.05) is 0 Å². The first-order valence-electron chi connectivity index (χ1n) is 25.2.